The molecule has 1 aliphatic heterocycles. The summed E-state index contributed by atoms with van der Waals surface area (Å²) >= 11 is 0. The minimum atomic E-state index is -0.546. The predicted molar refractivity (Wildman–Crippen MR) is 105 cm³/mol. The molecule has 0 fully saturated rings. The molecule has 1 aliphatic rings. The molecule has 6 nitrogen and oxygen atoms in total. The molecule has 2 aromatic carbocycles. The molecule has 3 amide bonds. The summed E-state index contributed by atoms with van der Waals surface area (Å²) in [6.45, 7) is 5.69. The van der Waals surface area contributed by atoms with E-state index < -0.39 is 6.04 Å². The highest BCUT2D eigenvalue weighted by Gasteiger charge is 2.31. The first-order valence-corrected chi connectivity index (χ1v) is 8.69. The van der Waals surface area contributed by atoms with Gasteiger partial charge in [-0.3, -0.25) is 4.79 Å². The van der Waals surface area contributed by atoms with Crippen molar-refractivity contribution in [3.8, 4) is 5.75 Å². The van der Waals surface area contributed by atoms with E-state index in [4.69, 9.17) is 4.74 Å². The summed E-state index contributed by atoms with van der Waals surface area (Å²) < 4.78 is 5.18. The Labute approximate surface area is 158 Å². The summed E-state index contributed by atoms with van der Waals surface area (Å²) in [6.07, 6.45) is 0. The molecule has 27 heavy (non-hydrogen) atoms. The highest BCUT2D eigenvalue weighted by molar-refractivity contribution is 6.06. The molecule has 1 heterocycles. The number of rotatable bonds is 4. The molecule has 0 unspecified atom stereocenters. The Morgan fingerprint density at radius 3 is 2.26 bits per heavy atom. The third-order valence-electron chi connectivity index (χ3n) is 4.44. The number of amides is 3. The van der Waals surface area contributed by atoms with Gasteiger partial charge < -0.3 is 20.7 Å². The Hall–Kier alpha value is -3.28. The largest absolute Gasteiger partial charge is 0.497 e. The fourth-order valence-electron chi connectivity index (χ4n) is 3.29. The van der Waals surface area contributed by atoms with E-state index in [-0.39, 0.29) is 11.9 Å². The zero-order chi connectivity index (χ0) is 19.6. The van der Waals surface area contributed by atoms with Crippen molar-refractivity contribution in [3.63, 3.8) is 0 Å². The lowest BCUT2D eigenvalue weighted by molar-refractivity contribution is -0.113. The molecule has 0 saturated carbocycles. The highest BCUT2D eigenvalue weighted by atomic mass is 16.5. The monoisotopic (exact) mass is 365 g/mol. The SMILES string of the molecule is COc1ccc([C@@H]2NC(=O)NC(C)=C2C(=O)Nc2cc(C)cc(C)c2)cc1. The first-order chi connectivity index (χ1) is 12.9. The summed E-state index contributed by atoms with van der Waals surface area (Å²) in [4.78, 5) is 25.0. The van der Waals surface area contributed by atoms with E-state index in [1.54, 1.807) is 26.2 Å². The fraction of sp³-hybridized carbons (Fsp3) is 0.238. The van der Waals surface area contributed by atoms with Crippen molar-refractivity contribution in [1.82, 2.24) is 10.6 Å². The number of hydrogen-bond donors (Lipinski definition) is 3. The number of nitrogens with one attached hydrogen (secondary N) is 3. The number of carbonyl (C=O) groups excluding carboxylic acids is 2. The minimum Gasteiger partial charge on any atom is -0.497 e. The van der Waals surface area contributed by atoms with Crippen LogP contribution in [0.2, 0.25) is 0 Å². The number of anilines is 1. The highest BCUT2D eigenvalue weighted by Crippen LogP contribution is 2.29. The lowest BCUT2D eigenvalue weighted by Gasteiger charge is -2.28. The van der Waals surface area contributed by atoms with Gasteiger partial charge in [0.15, 0.2) is 0 Å². The second-order valence-corrected chi connectivity index (χ2v) is 6.67. The van der Waals surface area contributed by atoms with Crippen molar-refractivity contribution in [3.05, 3.63) is 70.4 Å². The van der Waals surface area contributed by atoms with Gasteiger partial charge in [-0.2, -0.15) is 0 Å². The van der Waals surface area contributed by atoms with Gasteiger partial charge in [-0.05, 0) is 61.7 Å². The molecule has 6 heteroatoms. The number of urea groups is 1. The number of hydrogen-bond acceptors (Lipinski definition) is 3. The topological polar surface area (TPSA) is 79.5 Å². The standard InChI is InChI=1S/C21H23N3O3/c1-12-9-13(2)11-16(10-12)23-20(25)18-14(3)22-21(26)24-19(18)15-5-7-17(27-4)8-6-15/h5-11,19H,1-4H3,(H,23,25)(H2,22,24,26)/t19-/m0/s1. The smallest absolute Gasteiger partial charge is 0.319 e. The fourth-order valence-corrected chi connectivity index (χ4v) is 3.29. The Morgan fingerprint density at radius 1 is 1.04 bits per heavy atom. The summed E-state index contributed by atoms with van der Waals surface area (Å²) in [5.74, 6) is 0.451. The molecule has 2 aromatic rings. The summed E-state index contributed by atoms with van der Waals surface area (Å²) in [6, 6.07) is 12.3. The van der Waals surface area contributed by atoms with Gasteiger partial charge in [0.1, 0.15) is 5.75 Å². The minimum absolute atomic E-state index is 0.259. The van der Waals surface area contributed by atoms with Gasteiger partial charge in [0.05, 0.1) is 18.7 Å². The zero-order valence-corrected chi connectivity index (χ0v) is 15.8. The van der Waals surface area contributed by atoms with Gasteiger partial charge in [-0.25, -0.2) is 4.79 Å². The van der Waals surface area contributed by atoms with Crippen LogP contribution in [0.4, 0.5) is 10.5 Å². The first kappa shape index (κ1) is 18.5. The third-order valence-corrected chi connectivity index (χ3v) is 4.44. The maximum atomic E-state index is 13.0. The van der Waals surface area contributed by atoms with Crippen LogP contribution in [0.3, 0.4) is 0 Å². The van der Waals surface area contributed by atoms with Gasteiger partial charge in [-0.1, -0.05) is 18.2 Å². The number of aryl methyl sites for hydroxylation is 2. The van der Waals surface area contributed by atoms with E-state index in [0.29, 0.717) is 17.0 Å². The second kappa shape index (κ2) is 7.53. The van der Waals surface area contributed by atoms with Crippen LogP contribution in [-0.4, -0.2) is 19.0 Å². The summed E-state index contributed by atoms with van der Waals surface area (Å²) in [5, 5.41) is 8.46. The first-order valence-electron chi connectivity index (χ1n) is 8.69. The van der Waals surface area contributed by atoms with Crippen LogP contribution in [0.1, 0.15) is 29.7 Å². The number of allylic oxidation sites excluding steroid dienone is 1. The van der Waals surface area contributed by atoms with E-state index in [2.05, 4.69) is 16.0 Å². The predicted octanol–water partition coefficient (Wildman–Crippen LogP) is 3.58. The molecule has 1 atom stereocenters. The van der Waals surface area contributed by atoms with Crippen molar-refractivity contribution >= 4 is 17.6 Å². The van der Waals surface area contributed by atoms with Gasteiger partial charge >= 0.3 is 6.03 Å². The van der Waals surface area contributed by atoms with Crippen molar-refractivity contribution in [1.29, 1.82) is 0 Å². The molecule has 3 N–H and O–H groups in total. The molecule has 0 spiro atoms. The second-order valence-electron chi connectivity index (χ2n) is 6.67. The van der Waals surface area contributed by atoms with Crippen LogP contribution >= 0.6 is 0 Å². The Bertz CT molecular complexity index is 897. The van der Waals surface area contributed by atoms with E-state index in [0.717, 1.165) is 22.4 Å². The lowest BCUT2D eigenvalue weighted by atomic mass is 9.94. The Kier molecular flexibility index (Phi) is 5.16. The van der Waals surface area contributed by atoms with Crippen molar-refractivity contribution < 1.29 is 14.3 Å². The summed E-state index contributed by atoms with van der Waals surface area (Å²) in [7, 11) is 1.59. The maximum absolute atomic E-state index is 13.0. The van der Waals surface area contributed by atoms with Crippen molar-refractivity contribution in [2.75, 3.05) is 12.4 Å². The average molecular weight is 365 g/mol. The maximum Gasteiger partial charge on any atom is 0.319 e. The third kappa shape index (κ3) is 4.11. The zero-order valence-electron chi connectivity index (χ0n) is 15.8. The molecular weight excluding hydrogens is 342 g/mol. The van der Waals surface area contributed by atoms with Crippen LogP contribution in [0.5, 0.6) is 5.75 Å². The number of carbonyl (C=O) groups is 2. The number of ether oxygens (including phenoxy) is 1. The number of methoxy groups -OCH3 is 1. The quantitative estimate of drug-likeness (QED) is 0.775. The molecule has 0 radical (unpaired) electrons. The normalized spacial score (nSPS) is 16.4. The van der Waals surface area contributed by atoms with Crippen molar-refractivity contribution in [2.45, 2.75) is 26.8 Å². The van der Waals surface area contributed by atoms with Gasteiger partial charge in [0, 0.05) is 11.4 Å². The summed E-state index contributed by atoms with van der Waals surface area (Å²) in [5.41, 5.74) is 4.66. The molecule has 0 saturated heterocycles. The van der Waals surface area contributed by atoms with Crippen LogP contribution in [0.15, 0.2) is 53.7 Å². The Balaban J connectivity index is 1.94. The molecule has 0 bridgehead atoms. The average Bonchev–Trinajstić information content (AvgIpc) is 2.60. The molecule has 3 rings (SSSR count). The van der Waals surface area contributed by atoms with Crippen LogP contribution in [0, 0.1) is 13.8 Å². The number of benzene rings is 2. The van der Waals surface area contributed by atoms with E-state index in [1.807, 2.05) is 44.2 Å². The molecule has 140 valence electrons. The lowest BCUT2D eigenvalue weighted by Crippen LogP contribution is -2.45. The van der Waals surface area contributed by atoms with Crippen LogP contribution < -0.4 is 20.7 Å². The van der Waals surface area contributed by atoms with Crippen molar-refractivity contribution in [2.24, 2.45) is 0 Å². The van der Waals surface area contributed by atoms with Crippen LogP contribution in [0.25, 0.3) is 0 Å². The Morgan fingerprint density at radius 2 is 1.67 bits per heavy atom. The molecule has 0 aromatic heterocycles. The van der Waals surface area contributed by atoms with E-state index >= 15 is 0 Å². The van der Waals surface area contributed by atoms with Gasteiger partial charge in [0.2, 0.25) is 0 Å². The van der Waals surface area contributed by atoms with E-state index in [1.165, 1.54) is 0 Å². The molecule has 0 aliphatic carbocycles. The molecular formula is C21H23N3O3. The van der Waals surface area contributed by atoms with Gasteiger partial charge in [0.25, 0.3) is 5.91 Å². The van der Waals surface area contributed by atoms with Crippen LogP contribution in [-0.2, 0) is 4.79 Å². The van der Waals surface area contributed by atoms with E-state index in [9.17, 15) is 9.59 Å². The van der Waals surface area contributed by atoms with Gasteiger partial charge in [-0.15, -0.1) is 0 Å².